The molecule has 0 saturated carbocycles. The minimum atomic E-state index is -3.43. The minimum Gasteiger partial charge on any atom is -0.274 e. The molecule has 1 aromatic heterocycles. The molecule has 0 spiro atoms. The molecular formula is C10H19N3O2S. The van der Waals surface area contributed by atoms with E-state index >= 15 is 0 Å². The molecule has 0 saturated heterocycles. The number of nitrogens with zero attached hydrogens (tertiary/aromatic N) is 2. The monoisotopic (exact) mass is 245 g/mol. The van der Waals surface area contributed by atoms with Crippen LogP contribution in [0.2, 0.25) is 0 Å². The lowest BCUT2D eigenvalue weighted by molar-refractivity contribution is 0.530. The summed E-state index contributed by atoms with van der Waals surface area (Å²) in [4.78, 5) is 0.266. The Hall–Kier alpha value is -0.880. The predicted octanol–water partition coefficient (Wildman–Crippen LogP) is 1.20. The second-order valence-electron chi connectivity index (χ2n) is 3.89. The van der Waals surface area contributed by atoms with Gasteiger partial charge in [-0.05, 0) is 19.8 Å². The fraction of sp³-hybridized carbons (Fsp3) is 0.700. The summed E-state index contributed by atoms with van der Waals surface area (Å²) in [6.45, 7) is 5.63. The molecule has 1 heterocycles. The number of sulfonamides is 1. The van der Waals surface area contributed by atoms with Crippen LogP contribution in [0.25, 0.3) is 0 Å². The zero-order chi connectivity index (χ0) is 12.3. The zero-order valence-electron chi connectivity index (χ0n) is 10.2. The van der Waals surface area contributed by atoms with Crippen LogP contribution in [0.3, 0.4) is 0 Å². The molecule has 0 aromatic carbocycles. The van der Waals surface area contributed by atoms with E-state index in [-0.39, 0.29) is 10.9 Å². The van der Waals surface area contributed by atoms with E-state index in [1.165, 1.54) is 10.9 Å². The van der Waals surface area contributed by atoms with Crippen LogP contribution in [-0.2, 0) is 17.1 Å². The third-order valence-electron chi connectivity index (χ3n) is 2.57. The molecule has 92 valence electrons. The van der Waals surface area contributed by atoms with Crippen molar-refractivity contribution in [1.29, 1.82) is 0 Å². The molecule has 0 aliphatic heterocycles. The Morgan fingerprint density at radius 3 is 2.38 bits per heavy atom. The van der Waals surface area contributed by atoms with Gasteiger partial charge in [0.25, 0.3) is 0 Å². The molecule has 0 bridgehead atoms. The van der Waals surface area contributed by atoms with Gasteiger partial charge in [0.05, 0.1) is 5.69 Å². The molecule has 0 fully saturated rings. The fourth-order valence-corrected chi connectivity index (χ4v) is 3.20. The Bertz CT molecular complexity index is 447. The highest BCUT2D eigenvalue weighted by Crippen LogP contribution is 2.14. The molecule has 1 rings (SSSR count). The molecule has 0 unspecified atom stereocenters. The van der Waals surface area contributed by atoms with Crippen molar-refractivity contribution in [3.8, 4) is 0 Å². The lowest BCUT2D eigenvalue weighted by atomic mass is 10.2. The van der Waals surface area contributed by atoms with Gasteiger partial charge < -0.3 is 0 Å². The third kappa shape index (κ3) is 2.82. The van der Waals surface area contributed by atoms with Gasteiger partial charge in [-0.3, -0.25) is 4.68 Å². The molecule has 1 aromatic rings. The number of nitrogens with one attached hydrogen (secondary N) is 1. The van der Waals surface area contributed by atoms with Crippen LogP contribution in [0, 0.1) is 6.92 Å². The highest BCUT2D eigenvalue weighted by molar-refractivity contribution is 7.89. The van der Waals surface area contributed by atoms with Crippen LogP contribution >= 0.6 is 0 Å². The Morgan fingerprint density at radius 2 is 2.00 bits per heavy atom. The van der Waals surface area contributed by atoms with E-state index in [0.29, 0.717) is 5.69 Å². The van der Waals surface area contributed by atoms with Gasteiger partial charge in [0.1, 0.15) is 4.90 Å². The van der Waals surface area contributed by atoms with Crippen molar-refractivity contribution in [3.63, 3.8) is 0 Å². The van der Waals surface area contributed by atoms with Crippen molar-refractivity contribution in [3.05, 3.63) is 11.9 Å². The van der Waals surface area contributed by atoms with Crippen molar-refractivity contribution in [2.75, 3.05) is 0 Å². The summed E-state index contributed by atoms with van der Waals surface area (Å²) in [6, 6.07) is -0.00962. The number of aryl methyl sites for hydroxylation is 2. The molecule has 0 radical (unpaired) electrons. The van der Waals surface area contributed by atoms with E-state index in [9.17, 15) is 8.42 Å². The smallest absolute Gasteiger partial charge is 0.244 e. The number of aromatic nitrogens is 2. The number of hydrogen-bond acceptors (Lipinski definition) is 3. The van der Waals surface area contributed by atoms with E-state index in [0.717, 1.165) is 12.8 Å². The second-order valence-corrected chi connectivity index (χ2v) is 5.57. The SMILES string of the molecule is CCC(CC)NS(=O)(=O)c1cn(C)nc1C. The summed E-state index contributed by atoms with van der Waals surface area (Å²) in [5, 5.41) is 4.03. The van der Waals surface area contributed by atoms with Crippen LogP contribution in [0.5, 0.6) is 0 Å². The second kappa shape index (κ2) is 4.97. The van der Waals surface area contributed by atoms with Crippen molar-refractivity contribution in [2.45, 2.75) is 44.6 Å². The van der Waals surface area contributed by atoms with E-state index in [2.05, 4.69) is 9.82 Å². The van der Waals surface area contributed by atoms with Gasteiger partial charge >= 0.3 is 0 Å². The number of rotatable bonds is 5. The maximum absolute atomic E-state index is 12.0. The van der Waals surface area contributed by atoms with Crippen molar-refractivity contribution in [1.82, 2.24) is 14.5 Å². The maximum atomic E-state index is 12.0. The average molecular weight is 245 g/mol. The normalized spacial score (nSPS) is 12.3. The van der Waals surface area contributed by atoms with Crippen LogP contribution in [0.15, 0.2) is 11.1 Å². The average Bonchev–Trinajstić information content (AvgIpc) is 2.55. The summed E-state index contributed by atoms with van der Waals surface area (Å²) >= 11 is 0. The number of hydrogen-bond donors (Lipinski definition) is 1. The van der Waals surface area contributed by atoms with E-state index in [1.54, 1.807) is 14.0 Å². The summed E-state index contributed by atoms with van der Waals surface area (Å²) < 4.78 is 28.3. The molecule has 16 heavy (non-hydrogen) atoms. The van der Waals surface area contributed by atoms with Gasteiger partial charge in [-0.1, -0.05) is 13.8 Å². The van der Waals surface area contributed by atoms with Crippen LogP contribution in [0.1, 0.15) is 32.4 Å². The van der Waals surface area contributed by atoms with Gasteiger partial charge in [-0.15, -0.1) is 0 Å². The standard InChI is InChI=1S/C10H19N3O2S/c1-5-9(6-2)12-16(14,15)10-7-13(4)11-8(10)3/h7,9,12H,5-6H2,1-4H3. The van der Waals surface area contributed by atoms with E-state index in [4.69, 9.17) is 0 Å². The molecule has 0 aliphatic rings. The van der Waals surface area contributed by atoms with Crippen molar-refractivity contribution < 1.29 is 8.42 Å². The quantitative estimate of drug-likeness (QED) is 0.847. The Morgan fingerprint density at radius 1 is 1.44 bits per heavy atom. The molecule has 1 N–H and O–H groups in total. The largest absolute Gasteiger partial charge is 0.274 e. The molecule has 0 aliphatic carbocycles. The van der Waals surface area contributed by atoms with Crippen molar-refractivity contribution >= 4 is 10.0 Å². The molecule has 6 heteroatoms. The maximum Gasteiger partial charge on any atom is 0.244 e. The van der Waals surface area contributed by atoms with E-state index in [1.807, 2.05) is 13.8 Å². The molecular weight excluding hydrogens is 226 g/mol. The molecule has 0 amide bonds. The summed E-state index contributed by atoms with van der Waals surface area (Å²) in [5.74, 6) is 0. The first-order valence-corrected chi connectivity index (χ1v) is 6.91. The first-order valence-electron chi connectivity index (χ1n) is 5.43. The van der Waals surface area contributed by atoms with Crippen LogP contribution in [-0.4, -0.2) is 24.2 Å². The third-order valence-corrected chi connectivity index (χ3v) is 4.19. The van der Waals surface area contributed by atoms with Crippen molar-refractivity contribution in [2.24, 2.45) is 7.05 Å². The van der Waals surface area contributed by atoms with Gasteiger partial charge in [-0.25, -0.2) is 13.1 Å². The first-order chi connectivity index (χ1) is 7.40. The van der Waals surface area contributed by atoms with Crippen LogP contribution < -0.4 is 4.72 Å². The highest BCUT2D eigenvalue weighted by Gasteiger charge is 2.22. The fourth-order valence-electron chi connectivity index (χ4n) is 1.58. The minimum absolute atomic E-state index is 0.00962. The van der Waals surface area contributed by atoms with Gasteiger partial charge in [-0.2, -0.15) is 5.10 Å². The van der Waals surface area contributed by atoms with Gasteiger partial charge in [0, 0.05) is 19.3 Å². The lowest BCUT2D eigenvalue weighted by Crippen LogP contribution is -2.34. The molecule has 5 nitrogen and oxygen atoms in total. The Balaban J connectivity index is 2.98. The Kier molecular flexibility index (Phi) is 4.09. The van der Waals surface area contributed by atoms with Gasteiger partial charge in [0.15, 0.2) is 0 Å². The summed E-state index contributed by atoms with van der Waals surface area (Å²) in [6.07, 6.45) is 3.10. The van der Waals surface area contributed by atoms with Crippen LogP contribution in [0.4, 0.5) is 0 Å². The Labute approximate surface area is 96.9 Å². The zero-order valence-corrected chi connectivity index (χ0v) is 11.0. The predicted molar refractivity (Wildman–Crippen MR) is 62.6 cm³/mol. The topological polar surface area (TPSA) is 64.0 Å². The highest BCUT2D eigenvalue weighted by atomic mass is 32.2. The lowest BCUT2D eigenvalue weighted by Gasteiger charge is -2.14. The summed E-state index contributed by atoms with van der Waals surface area (Å²) in [7, 11) is -1.72. The van der Waals surface area contributed by atoms with Gasteiger partial charge in [0.2, 0.25) is 10.0 Å². The summed E-state index contributed by atoms with van der Waals surface area (Å²) in [5.41, 5.74) is 0.529. The van der Waals surface area contributed by atoms with E-state index < -0.39 is 10.0 Å². The first kappa shape index (κ1) is 13.2. The molecule has 0 atom stereocenters.